The van der Waals surface area contributed by atoms with Crippen molar-refractivity contribution in [3.8, 4) is 11.4 Å². The number of benzene rings is 2. The average Bonchev–Trinajstić information content (AvgIpc) is 3.17. The normalized spacial score (nSPS) is 10.8. The van der Waals surface area contributed by atoms with E-state index in [9.17, 15) is 9.18 Å². The highest BCUT2D eigenvalue weighted by Crippen LogP contribution is 2.17. The molecule has 0 atom stereocenters. The minimum atomic E-state index is -0.416. The summed E-state index contributed by atoms with van der Waals surface area (Å²) in [6.45, 7) is 5.12. The summed E-state index contributed by atoms with van der Waals surface area (Å²) in [5.41, 5.74) is 2.40. The molecule has 0 unspecified atom stereocenters. The van der Waals surface area contributed by atoms with E-state index in [1.165, 1.54) is 12.1 Å². The molecule has 0 aliphatic carbocycles. The number of aryl methyl sites for hydroxylation is 1. The van der Waals surface area contributed by atoms with Gasteiger partial charge in [-0.2, -0.15) is 4.98 Å². The van der Waals surface area contributed by atoms with Crippen LogP contribution >= 0.6 is 0 Å². The van der Waals surface area contributed by atoms with E-state index in [2.05, 4.69) is 17.1 Å². The van der Waals surface area contributed by atoms with E-state index in [1.807, 2.05) is 31.2 Å². The summed E-state index contributed by atoms with van der Waals surface area (Å²) in [5, 5.41) is 4.03. The van der Waals surface area contributed by atoms with Crippen molar-refractivity contribution in [2.45, 2.75) is 33.1 Å². The first-order chi connectivity index (χ1) is 13.6. The molecule has 28 heavy (non-hydrogen) atoms. The van der Waals surface area contributed by atoms with Crippen LogP contribution < -0.4 is 0 Å². The van der Waals surface area contributed by atoms with E-state index in [-0.39, 0.29) is 5.91 Å². The molecule has 0 N–H and O–H groups in total. The van der Waals surface area contributed by atoms with Gasteiger partial charge >= 0.3 is 0 Å². The van der Waals surface area contributed by atoms with Gasteiger partial charge in [-0.1, -0.05) is 54.4 Å². The summed E-state index contributed by atoms with van der Waals surface area (Å²) in [6, 6.07) is 13.7. The second-order valence-corrected chi connectivity index (χ2v) is 6.78. The van der Waals surface area contributed by atoms with Crippen molar-refractivity contribution in [2.24, 2.45) is 0 Å². The molecule has 1 aromatic heterocycles. The third-order valence-corrected chi connectivity index (χ3v) is 4.51. The van der Waals surface area contributed by atoms with Gasteiger partial charge in [0.25, 0.3) is 5.91 Å². The Morgan fingerprint density at radius 2 is 1.93 bits per heavy atom. The van der Waals surface area contributed by atoms with Crippen LogP contribution in [0.2, 0.25) is 0 Å². The minimum absolute atomic E-state index is 0.189. The van der Waals surface area contributed by atoms with Gasteiger partial charge in [-0.3, -0.25) is 4.79 Å². The first kappa shape index (κ1) is 19.7. The molecular formula is C22H24FN3O2. The van der Waals surface area contributed by atoms with Crippen molar-refractivity contribution < 1.29 is 13.7 Å². The molecule has 0 radical (unpaired) electrons. The van der Waals surface area contributed by atoms with Crippen molar-refractivity contribution in [2.75, 3.05) is 13.1 Å². The number of carbonyl (C=O) groups is 1. The topological polar surface area (TPSA) is 59.2 Å². The number of carbonyl (C=O) groups excluding carboxylic acids is 1. The molecule has 0 aliphatic heterocycles. The number of rotatable bonds is 8. The average molecular weight is 381 g/mol. The molecule has 0 spiro atoms. The molecule has 0 saturated heterocycles. The third-order valence-electron chi connectivity index (χ3n) is 4.51. The van der Waals surface area contributed by atoms with E-state index < -0.39 is 5.82 Å². The molecule has 3 rings (SSSR count). The zero-order valence-electron chi connectivity index (χ0n) is 16.2. The lowest BCUT2D eigenvalue weighted by Gasteiger charge is -2.22. The second kappa shape index (κ2) is 9.26. The van der Waals surface area contributed by atoms with Gasteiger partial charge in [0, 0.05) is 30.6 Å². The van der Waals surface area contributed by atoms with Crippen LogP contribution in [0.1, 0.15) is 41.6 Å². The van der Waals surface area contributed by atoms with E-state index in [1.54, 1.807) is 17.0 Å². The fourth-order valence-corrected chi connectivity index (χ4v) is 2.87. The van der Waals surface area contributed by atoms with Crippen molar-refractivity contribution in [1.29, 1.82) is 0 Å². The molecule has 0 saturated carbocycles. The smallest absolute Gasteiger partial charge is 0.253 e. The molecule has 0 bridgehead atoms. The number of halogens is 1. The fourth-order valence-electron chi connectivity index (χ4n) is 2.87. The maximum Gasteiger partial charge on any atom is 0.253 e. The quantitative estimate of drug-likeness (QED) is 0.569. The fraction of sp³-hybridized carbons (Fsp3) is 0.318. The summed E-state index contributed by atoms with van der Waals surface area (Å²) in [4.78, 5) is 18.9. The predicted molar refractivity (Wildman–Crippen MR) is 105 cm³/mol. The molecular weight excluding hydrogens is 357 g/mol. The van der Waals surface area contributed by atoms with E-state index in [4.69, 9.17) is 4.52 Å². The summed E-state index contributed by atoms with van der Waals surface area (Å²) in [5.74, 6) is 0.405. The summed E-state index contributed by atoms with van der Waals surface area (Å²) in [7, 11) is 0. The summed E-state index contributed by atoms with van der Waals surface area (Å²) in [6.07, 6.45) is 2.29. The third kappa shape index (κ3) is 5.03. The SMILES string of the molecule is CCCCN(CCc1nc(-c2ccc(C)cc2)no1)C(=O)c1cccc(F)c1. The maximum atomic E-state index is 13.5. The minimum Gasteiger partial charge on any atom is -0.339 e. The predicted octanol–water partition coefficient (Wildman–Crippen LogP) is 4.67. The number of aromatic nitrogens is 2. The lowest BCUT2D eigenvalue weighted by atomic mass is 10.1. The Balaban J connectivity index is 1.68. The van der Waals surface area contributed by atoms with Crippen LogP contribution in [-0.2, 0) is 6.42 Å². The molecule has 1 heterocycles. The van der Waals surface area contributed by atoms with Crippen molar-refractivity contribution in [3.05, 3.63) is 71.4 Å². The zero-order chi connectivity index (χ0) is 19.9. The van der Waals surface area contributed by atoms with Gasteiger partial charge in [-0.05, 0) is 31.5 Å². The number of hydrogen-bond acceptors (Lipinski definition) is 4. The van der Waals surface area contributed by atoms with Gasteiger partial charge in [-0.25, -0.2) is 4.39 Å². The standard InChI is InChI=1S/C22H24FN3O2/c1-3-4-13-26(22(27)18-6-5-7-19(23)15-18)14-12-20-24-21(25-28-20)17-10-8-16(2)9-11-17/h5-11,15H,3-4,12-14H2,1-2H3. The van der Waals surface area contributed by atoms with Gasteiger partial charge in [0.05, 0.1) is 0 Å². The van der Waals surface area contributed by atoms with E-state index in [0.29, 0.717) is 36.8 Å². The Labute approximate surface area is 164 Å². The van der Waals surface area contributed by atoms with Gasteiger partial charge in [0.2, 0.25) is 11.7 Å². The maximum absolute atomic E-state index is 13.5. The van der Waals surface area contributed by atoms with Crippen LogP contribution in [0.3, 0.4) is 0 Å². The molecule has 6 heteroatoms. The van der Waals surface area contributed by atoms with Crippen LogP contribution in [0.5, 0.6) is 0 Å². The van der Waals surface area contributed by atoms with Gasteiger partial charge < -0.3 is 9.42 Å². The molecule has 146 valence electrons. The monoisotopic (exact) mass is 381 g/mol. The number of hydrogen-bond donors (Lipinski definition) is 0. The van der Waals surface area contributed by atoms with Gasteiger partial charge in [0.15, 0.2) is 0 Å². The highest BCUT2D eigenvalue weighted by atomic mass is 19.1. The van der Waals surface area contributed by atoms with Crippen LogP contribution in [0.15, 0.2) is 53.1 Å². The second-order valence-electron chi connectivity index (χ2n) is 6.78. The first-order valence-corrected chi connectivity index (χ1v) is 9.51. The van der Waals surface area contributed by atoms with Crippen molar-refractivity contribution in [3.63, 3.8) is 0 Å². The number of nitrogens with zero attached hydrogens (tertiary/aromatic N) is 3. The molecule has 2 aromatic carbocycles. The molecule has 0 aliphatic rings. The van der Waals surface area contributed by atoms with Crippen LogP contribution in [-0.4, -0.2) is 34.0 Å². The number of unbranched alkanes of at least 4 members (excludes halogenated alkanes) is 1. The summed E-state index contributed by atoms with van der Waals surface area (Å²) < 4.78 is 18.8. The van der Waals surface area contributed by atoms with Gasteiger partial charge in [0.1, 0.15) is 5.82 Å². The highest BCUT2D eigenvalue weighted by Gasteiger charge is 2.17. The van der Waals surface area contributed by atoms with Crippen molar-refractivity contribution >= 4 is 5.91 Å². The molecule has 5 nitrogen and oxygen atoms in total. The number of amides is 1. The highest BCUT2D eigenvalue weighted by molar-refractivity contribution is 5.94. The molecule has 3 aromatic rings. The van der Waals surface area contributed by atoms with Crippen LogP contribution in [0.4, 0.5) is 4.39 Å². The Hall–Kier alpha value is -3.02. The van der Waals surface area contributed by atoms with Crippen LogP contribution in [0, 0.1) is 12.7 Å². The Kier molecular flexibility index (Phi) is 6.53. The molecule has 1 amide bonds. The van der Waals surface area contributed by atoms with Crippen LogP contribution in [0.25, 0.3) is 11.4 Å². The van der Waals surface area contributed by atoms with E-state index in [0.717, 1.165) is 24.0 Å². The summed E-state index contributed by atoms with van der Waals surface area (Å²) >= 11 is 0. The Morgan fingerprint density at radius 1 is 1.14 bits per heavy atom. The lowest BCUT2D eigenvalue weighted by molar-refractivity contribution is 0.0751. The van der Waals surface area contributed by atoms with Crippen molar-refractivity contribution in [1.82, 2.24) is 15.0 Å². The molecule has 0 fully saturated rings. The zero-order valence-corrected chi connectivity index (χ0v) is 16.2. The van der Waals surface area contributed by atoms with Gasteiger partial charge in [-0.15, -0.1) is 0 Å². The first-order valence-electron chi connectivity index (χ1n) is 9.51. The Morgan fingerprint density at radius 3 is 2.64 bits per heavy atom. The van der Waals surface area contributed by atoms with E-state index >= 15 is 0 Å². The largest absolute Gasteiger partial charge is 0.339 e. The Bertz CT molecular complexity index is 922. The lowest BCUT2D eigenvalue weighted by Crippen LogP contribution is -2.34.